The van der Waals surface area contributed by atoms with Crippen LogP contribution in [0.1, 0.15) is 12.8 Å². The maximum atomic E-state index is 12.1. The first-order valence-electron chi connectivity index (χ1n) is 8.23. The molecule has 0 spiro atoms. The molecule has 1 amide bonds. The molecule has 2 heterocycles. The molecule has 0 atom stereocenters. The standard InChI is InChI=1S/C19H17N5O/c25-16-12-7-13-24(16)19-22-17(14-8-3-1-4-9-14)21-18(23-19)20-15-10-5-2-6-11-15/h1-6,8-11H,7,12-13H2,(H,20,21,22,23). The Morgan fingerprint density at radius 3 is 2.28 bits per heavy atom. The fourth-order valence-corrected chi connectivity index (χ4v) is 2.77. The van der Waals surface area contributed by atoms with E-state index in [1.165, 1.54) is 0 Å². The highest BCUT2D eigenvalue weighted by Crippen LogP contribution is 2.24. The molecular weight excluding hydrogens is 314 g/mol. The van der Waals surface area contributed by atoms with Crippen molar-refractivity contribution in [1.82, 2.24) is 15.0 Å². The molecule has 0 unspecified atom stereocenters. The maximum absolute atomic E-state index is 12.1. The molecule has 124 valence electrons. The van der Waals surface area contributed by atoms with Crippen LogP contribution in [0.25, 0.3) is 11.4 Å². The second-order valence-electron chi connectivity index (χ2n) is 5.79. The highest BCUT2D eigenvalue weighted by atomic mass is 16.2. The van der Waals surface area contributed by atoms with Crippen LogP contribution in [0.3, 0.4) is 0 Å². The summed E-state index contributed by atoms with van der Waals surface area (Å²) in [7, 11) is 0. The number of rotatable bonds is 4. The molecule has 6 heteroatoms. The van der Waals surface area contributed by atoms with Gasteiger partial charge in [-0.2, -0.15) is 15.0 Å². The van der Waals surface area contributed by atoms with Crippen molar-refractivity contribution < 1.29 is 4.79 Å². The van der Waals surface area contributed by atoms with Gasteiger partial charge in [-0.3, -0.25) is 9.69 Å². The minimum atomic E-state index is 0.0517. The summed E-state index contributed by atoms with van der Waals surface area (Å²) in [5, 5.41) is 3.19. The highest BCUT2D eigenvalue weighted by Gasteiger charge is 2.25. The molecule has 1 aliphatic rings. The zero-order chi connectivity index (χ0) is 17.1. The van der Waals surface area contributed by atoms with Crippen molar-refractivity contribution >= 4 is 23.5 Å². The summed E-state index contributed by atoms with van der Waals surface area (Å²) in [6, 6.07) is 19.4. The van der Waals surface area contributed by atoms with Crippen LogP contribution in [0.2, 0.25) is 0 Å². The summed E-state index contributed by atoms with van der Waals surface area (Å²) in [5.41, 5.74) is 1.76. The number of hydrogen-bond acceptors (Lipinski definition) is 5. The molecule has 2 aromatic carbocycles. The van der Waals surface area contributed by atoms with E-state index in [0.717, 1.165) is 17.7 Å². The third-order valence-corrected chi connectivity index (χ3v) is 4.00. The van der Waals surface area contributed by atoms with E-state index in [2.05, 4.69) is 20.3 Å². The molecule has 1 aromatic heterocycles. The van der Waals surface area contributed by atoms with Crippen molar-refractivity contribution in [3.8, 4) is 11.4 Å². The Bertz CT molecular complexity index is 883. The van der Waals surface area contributed by atoms with E-state index in [1.54, 1.807) is 4.90 Å². The average molecular weight is 331 g/mol. The Hall–Kier alpha value is -3.28. The van der Waals surface area contributed by atoms with E-state index in [9.17, 15) is 4.79 Å². The van der Waals surface area contributed by atoms with E-state index in [0.29, 0.717) is 30.7 Å². The molecule has 25 heavy (non-hydrogen) atoms. The SMILES string of the molecule is O=C1CCCN1c1nc(Nc2ccccc2)nc(-c2ccccc2)n1. The first-order chi connectivity index (χ1) is 12.3. The number of benzene rings is 2. The zero-order valence-corrected chi connectivity index (χ0v) is 13.6. The van der Waals surface area contributed by atoms with Gasteiger partial charge >= 0.3 is 0 Å². The minimum absolute atomic E-state index is 0.0517. The summed E-state index contributed by atoms with van der Waals surface area (Å²) < 4.78 is 0. The van der Waals surface area contributed by atoms with Gasteiger partial charge in [0.05, 0.1) is 0 Å². The van der Waals surface area contributed by atoms with Crippen LogP contribution in [0, 0.1) is 0 Å². The summed E-state index contributed by atoms with van der Waals surface area (Å²) >= 11 is 0. The second-order valence-corrected chi connectivity index (χ2v) is 5.79. The number of anilines is 3. The monoisotopic (exact) mass is 331 g/mol. The van der Waals surface area contributed by atoms with E-state index in [-0.39, 0.29) is 5.91 Å². The first-order valence-corrected chi connectivity index (χ1v) is 8.23. The number of nitrogens with one attached hydrogen (secondary N) is 1. The van der Waals surface area contributed by atoms with Gasteiger partial charge in [0, 0.05) is 24.2 Å². The predicted molar refractivity (Wildman–Crippen MR) is 96.6 cm³/mol. The van der Waals surface area contributed by atoms with E-state index < -0.39 is 0 Å². The maximum Gasteiger partial charge on any atom is 0.237 e. The molecule has 1 fully saturated rings. The van der Waals surface area contributed by atoms with Gasteiger partial charge in [-0.25, -0.2) is 0 Å². The highest BCUT2D eigenvalue weighted by molar-refractivity contribution is 5.93. The Morgan fingerprint density at radius 2 is 1.60 bits per heavy atom. The quantitative estimate of drug-likeness (QED) is 0.793. The largest absolute Gasteiger partial charge is 0.324 e. The van der Waals surface area contributed by atoms with Gasteiger partial charge in [-0.05, 0) is 18.6 Å². The van der Waals surface area contributed by atoms with Gasteiger partial charge in [0.15, 0.2) is 5.82 Å². The fourth-order valence-electron chi connectivity index (χ4n) is 2.77. The summed E-state index contributed by atoms with van der Waals surface area (Å²) in [6.07, 6.45) is 1.36. The average Bonchev–Trinajstić information content (AvgIpc) is 3.09. The van der Waals surface area contributed by atoms with E-state index >= 15 is 0 Å². The van der Waals surface area contributed by atoms with Crippen LogP contribution in [-0.4, -0.2) is 27.4 Å². The number of hydrogen-bond donors (Lipinski definition) is 1. The third kappa shape index (κ3) is 3.33. The first kappa shape index (κ1) is 15.3. The number of aromatic nitrogens is 3. The van der Waals surface area contributed by atoms with E-state index in [1.807, 2.05) is 60.7 Å². The number of para-hydroxylation sites is 1. The molecule has 0 bridgehead atoms. The van der Waals surface area contributed by atoms with Gasteiger partial charge in [-0.1, -0.05) is 48.5 Å². The number of carbonyl (C=O) groups excluding carboxylic acids is 1. The molecule has 1 aliphatic heterocycles. The Balaban J connectivity index is 1.76. The second kappa shape index (κ2) is 6.68. The smallest absolute Gasteiger partial charge is 0.237 e. The predicted octanol–water partition coefficient (Wildman–Crippen LogP) is 3.41. The van der Waals surface area contributed by atoms with Gasteiger partial charge in [0.2, 0.25) is 17.8 Å². The lowest BCUT2D eigenvalue weighted by atomic mass is 10.2. The number of carbonyl (C=O) groups is 1. The Morgan fingerprint density at radius 1 is 0.880 bits per heavy atom. The normalized spacial score (nSPS) is 13.9. The molecule has 0 aliphatic carbocycles. The molecule has 1 saturated heterocycles. The third-order valence-electron chi connectivity index (χ3n) is 4.00. The lowest BCUT2D eigenvalue weighted by Crippen LogP contribution is -2.26. The lowest BCUT2D eigenvalue weighted by molar-refractivity contribution is -0.117. The van der Waals surface area contributed by atoms with Crippen molar-refractivity contribution in [2.45, 2.75) is 12.8 Å². The molecule has 1 N–H and O–H groups in total. The van der Waals surface area contributed by atoms with Crippen LogP contribution in [0.4, 0.5) is 17.6 Å². The van der Waals surface area contributed by atoms with Crippen LogP contribution in [-0.2, 0) is 4.79 Å². The van der Waals surface area contributed by atoms with Crippen molar-refractivity contribution in [2.75, 3.05) is 16.8 Å². The van der Waals surface area contributed by atoms with Gasteiger partial charge in [0.25, 0.3) is 0 Å². The van der Waals surface area contributed by atoms with Crippen molar-refractivity contribution in [2.24, 2.45) is 0 Å². The lowest BCUT2D eigenvalue weighted by Gasteiger charge is -2.15. The summed E-state index contributed by atoms with van der Waals surface area (Å²) in [4.78, 5) is 27.2. The van der Waals surface area contributed by atoms with Crippen LogP contribution >= 0.6 is 0 Å². The van der Waals surface area contributed by atoms with Gasteiger partial charge in [0.1, 0.15) is 0 Å². The molecule has 6 nitrogen and oxygen atoms in total. The topological polar surface area (TPSA) is 71.0 Å². The number of amides is 1. The molecule has 0 saturated carbocycles. The molecule has 0 radical (unpaired) electrons. The van der Waals surface area contributed by atoms with E-state index in [4.69, 9.17) is 0 Å². The Kier molecular flexibility index (Phi) is 4.08. The molecule has 3 aromatic rings. The number of nitrogens with zero attached hydrogens (tertiary/aromatic N) is 4. The van der Waals surface area contributed by atoms with Crippen molar-refractivity contribution in [3.05, 3.63) is 60.7 Å². The molecular formula is C19H17N5O. The van der Waals surface area contributed by atoms with Crippen molar-refractivity contribution in [1.29, 1.82) is 0 Å². The Labute approximate surface area is 145 Å². The summed E-state index contributed by atoms with van der Waals surface area (Å²) in [5.74, 6) is 1.42. The van der Waals surface area contributed by atoms with Gasteiger partial charge < -0.3 is 5.32 Å². The van der Waals surface area contributed by atoms with Gasteiger partial charge in [-0.15, -0.1) is 0 Å². The van der Waals surface area contributed by atoms with Crippen molar-refractivity contribution in [3.63, 3.8) is 0 Å². The van der Waals surface area contributed by atoms with Crippen LogP contribution in [0.15, 0.2) is 60.7 Å². The van der Waals surface area contributed by atoms with Crippen LogP contribution < -0.4 is 10.2 Å². The zero-order valence-electron chi connectivity index (χ0n) is 13.6. The summed E-state index contributed by atoms with van der Waals surface area (Å²) in [6.45, 7) is 0.641. The minimum Gasteiger partial charge on any atom is -0.324 e. The fraction of sp³-hybridized carbons (Fsp3) is 0.158. The molecule has 4 rings (SSSR count). The van der Waals surface area contributed by atoms with Crippen LogP contribution in [0.5, 0.6) is 0 Å².